The Morgan fingerprint density at radius 2 is 1.33 bits per heavy atom. The van der Waals surface area contributed by atoms with E-state index in [2.05, 4.69) is 46.7 Å². The van der Waals surface area contributed by atoms with Crippen molar-refractivity contribution < 1.29 is 0 Å². The van der Waals surface area contributed by atoms with Crippen molar-refractivity contribution in [3.63, 3.8) is 0 Å². The van der Waals surface area contributed by atoms with E-state index >= 15 is 0 Å². The van der Waals surface area contributed by atoms with E-state index in [4.69, 9.17) is 0 Å². The van der Waals surface area contributed by atoms with Crippen molar-refractivity contribution in [1.82, 2.24) is 4.90 Å². The summed E-state index contributed by atoms with van der Waals surface area (Å²) in [5.74, 6) is 0. The zero-order valence-electron chi connectivity index (χ0n) is 9.65. The minimum Gasteiger partial charge on any atom is -0.307 e. The second-order valence-electron chi connectivity index (χ2n) is 5.08. The minimum atomic E-state index is 0.685. The number of rotatable bonds is 1. The third-order valence-corrected chi connectivity index (χ3v) is 2.74. The fraction of sp³-hybridized carbons (Fsp3) is 1.00. The van der Waals surface area contributed by atoms with E-state index in [1.165, 1.54) is 19.3 Å². The highest BCUT2D eigenvalue weighted by Crippen LogP contribution is 2.38. The number of hydrogen-bond donors (Lipinski definition) is 0. The summed E-state index contributed by atoms with van der Waals surface area (Å²) < 4.78 is 0. The first-order valence-electron chi connectivity index (χ1n) is 5.01. The lowest BCUT2D eigenvalue weighted by molar-refractivity contribution is 0.190. The zero-order valence-corrected chi connectivity index (χ0v) is 9.65. The van der Waals surface area contributed by atoms with E-state index in [1.807, 2.05) is 0 Å². The van der Waals surface area contributed by atoms with Crippen molar-refractivity contribution in [2.24, 2.45) is 5.41 Å². The first-order valence-corrected chi connectivity index (χ1v) is 5.01. The van der Waals surface area contributed by atoms with Crippen molar-refractivity contribution in [3.05, 3.63) is 0 Å². The molecule has 0 amide bonds. The van der Waals surface area contributed by atoms with Crippen LogP contribution in [0.5, 0.6) is 0 Å². The van der Waals surface area contributed by atoms with Crippen molar-refractivity contribution in [3.8, 4) is 0 Å². The van der Waals surface area contributed by atoms with Gasteiger partial charge in [0.15, 0.2) is 0 Å². The first kappa shape index (κ1) is 12.0. The van der Waals surface area contributed by atoms with Crippen LogP contribution in [0.1, 0.15) is 47.0 Å². The molecule has 0 N–H and O–H groups in total. The molecule has 0 bridgehead atoms. The molecule has 1 rings (SSSR count). The molecule has 0 radical (unpaired) electrons. The van der Waals surface area contributed by atoms with Crippen LogP contribution in [0.3, 0.4) is 0 Å². The van der Waals surface area contributed by atoms with E-state index in [9.17, 15) is 0 Å². The maximum atomic E-state index is 2.33. The molecule has 1 saturated carbocycles. The molecule has 1 heteroatoms. The molecule has 12 heavy (non-hydrogen) atoms. The summed E-state index contributed by atoms with van der Waals surface area (Å²) >= 11 is 0. The maximum absolute atomic E-state index is 2.33. The minimum absolute atomic E-state index is 0.685. The molecule has 0 spiro atoms. The lowest BCUT2D eigenvalue weighted by atomic mass is 9.72. The summed E-state index contributed by atoms with van der Waals surface area (Å²) in [5.41, 5.74) is 0.722. The Bertz CT molecular complexity index is 102. The van der Waals surface area contributed by atoms with Gasteiger partial charge in [-0.25, -0.2) is 0 Å². The third-order valence-electron chi connectivity index (χ3n) is 2.74. The monoisotopic (exact) mass is 171 g/mol. The van der Waals surface area contributed by atoms with Crippen molar-refractivity contribution >= 4 is 0 Å². The van der Waals surface area contributed by atoms with Crippen LogP contribution in [0.2, 0.25) is 0 Å². The van der Waals surface area contributed by atoms with E-state index in [0.717, 1.165) is 5.41 Å². The average molecular weight is 171 g/mol. The molecule has 0 aromatic heterocycles. The average Bonchev–Trinajstić information content (AvgIpc) is 1.86. The Morgan fingerprint density at radius 1 is 1.08 bits per heavy atom. The van der Waals surface area contributed by atoms with E-state index in [0.29, 0.717) is 6.04 Å². The standard InChI is InChI=1S/C6H12.C5H13N/c1-6(2)4-3-5-6;1-5(2)6(3)4/h3-5H2,1-2H3;5H,1-4H3. The quantitative estimate of drug-likeness (QED) is 0.586. The second-order valence-corrected chi connectivity index (χ2v) is 5.08. The molecule has 0 aliphatic heterocycles. The third kappa shape index (κ3) is 5.59. The van der Waals surface area contributed by atoms with Crippen LogP contribution in [-0.2, 0) is 0 Å². The molecule has 0 saturated heterocycles. The van der Waals surface area contributed by atoms with E-state index in [1.54, 1.807) is 0 Å². The lowest BCUT2D eigenvalue weighted by Crippen LogP contribution is -2.20. The van der Waals surface area contributed by atoms with Gasteiger partial charge in [0, 0.05) is 6.04 Å². The van der Waals surface area contributed by atoms with Gasteiger partial charge < -0.3 is 4.90 Å². The molecule has 0 heterocycles. The molecule has 0 atom stereocenters. The van der Waals surface area contributed by atoms with Gasteiger partial charge in [0.25, 0.3) is 0 Å². The molecular weight excluding hydrogens is 146 g/mol. The van der Waals surface area contributed by atoms with Crippen LogP contribution in [-0.4, -0.2) is 25.0 Å². The molecule has 0 unspecified atom stereocenters. The van der Waals surface area contributed by atoms with Gasteiger partial charge in [0.2, 0.25) is 0 Å². The molecule has 1 aliphatic carbocycles. The van der Waals surface area contributed by atoms with Crippen molar-refractivity contribution in [2.45, 2.75) is 53.0 Å². The van der Waals surface area contributed by atoms with Crippen molar-refractivity contribution in [1.29, 1.82) is 0 Å². The Labute approximate surface area is 78.1 Å². The van der Waals surface area contributed by atoms with Crippen LogP contribution in [0.25, 0.3) is 0 Å². The fourth-order valence-electron chi connectivity index (χ4n) is 0.884. The Hall–Kier alpha value is -0.0400. The maximum Gasteiger partial charge on any atom is 0.00324 e. The predicted octanol–water partition coefficient (Wildman–Crippen LogP) is 3.15. The highest BCUT2D eigenvalue weighted by molar-refractivity contribution is 4.77. The van der Waals surface area contributed by atoms with E-state index in [-0.39, 0.29) is 0 Å². The highest BCUT2D eigenvalue weighted by atomic mass is 15.1. The molecule has 1 fully saturated rings. The zero-order chi connectivity index (χ0) is 9.78. The smallest absolute Gasteiger partial charge is 0.00324 e. The molecule has 1 nitrogen and oxygen atoms in total. The molecule has 74 valence electrons. The summed E-state index contributed by atoms with van der Waals surface area (Å²) in [4.78, 5) is 2.17. The summed E-state index contributed by atoms with van der Waals surface area (Å²) in [6, 6.07) is 0.685. The van der Waals surface area contributed by atoms with Crippen LogP contribution in [0, 0.1) is 5.41 Å². The normalized spacial score (nSPS) is 20.0. The van der Waals surface area contributed by atoms with Gasteiger partial charge in [-0.15, -0.1) is 0 Å². The second kappa shape index (κ2) is 4.86. The Kier molecular flexibility index (Phi) is 4.84. The number of hydrogen-bond acceptors (Lipinski definition) is 1. The Morgan fingerprint density at radius 3 is 1.33 bits per heavy atom. The van der Waals surface area contributed by atoms with Gasteiger partial charge in [-0.05, 0) is 46.2 Å². The van der Waals surface area contributed by atoms with Gasteiger partial charge in [-0.1, -0.05) is 20.3 Å². The van der Waals surface area contributed by atoms with E-state index < -0.39 is 0 Å². The molecule has 0 aromatic rings. The topological polar surface area (TPSA) is 3.24 Å². The van der Waals surface area contributed by atoms with Gasteiger partial charge in [0.1, 0.15) is 0 Å². The summed E-state index contributed by atoms with van der Waals surface area (Å²) in [6.07, 6.45) is 4.37. The predicted molar refractivity (Wildman–Crippen MR) is 56.5 cm³/mol. The summed E-state index contributed by atoms with van der Waals surface area (Å²) in [7, 11) is 4.15. The first-order chi connectivity index (χ1) is 5.35. The highest BCUT2D eigenvalue weighted by Gasteiger charge is 2.24. The Balaban J connectivity index is 0.000000202. The lowest BCUT2D eigenvalue weighted by Gasteiger charge is -2.33. The summed E-state index contributed by atoms with van der Waals surface area (Å²) in [6.45, 7) is 8.99. The van der Waals surface area contributed by atoms with Crippen molar-refractivity contribution in [2.75, 3.05) is 14.1 Å². The molecule has 1 aliphatic rings. The fourth-order valence-corrected chi connectivity index (χ4v) is 0.884. The van der Waals surface area contributed by atoms with Gasteiger partial charge in [-0.2, -0.15) is 0 Å². The van der Waals surface area contributed by atoms with Crippen LogP contribution >= 0.6 is 0 Å². The van der Waals surface area contributed by atoms with Gasteiger partial charge in [0.05, 0.1) is 0 Å². The molecule has 0 aromatic carbocycles. The molecular formula is C11H25N. The summed E-state index contributed by atoms with van der Waals surface area (Å²) in [5, 5.41) is 0. The SMILES string of the molecule is CC(C)N(C)C.CC1(C)CCC1. The van der Waals surface area contributed by atoms with Crippen LogP contribution < -0.4 is 0 Å². The van der Waals surface area contributed by atoms with Gasteiger partial charge >= 0.3 is 0 Å². The van der Waals surface area contributed by atoms with Crippen LogP contribution in [0.15, 0.2) is 0 Å². The van der Waals surface area contributed by atoms with Crippen LogP contribution in [0.4, 0.5) is 0 Å². The largest absolute Gasteiger partial charge is 0.307 e. The number of nitrogens with zero attached hydrogens (tertiary/aromatic N) is 1. The van der Waals surface area contributed by atoms with Gasteiger partial charge in [-0.3, -0.25) is 0 Å².